The molecule has 2 unspecified atom stereocenters. The second-order valence-corrected chi connectivity index (χ2v) is 14.9. The summed E-state index contributed by atoms with van der Waals surface area (Å²) in [4.78, 5) is 32.6. The maximum Gasteiger partial charge on any atom is 0.469 e. The highest BCUT2D eigenvalue weighted by molar-refractivity contribution is 7.46. The van der Waals surface area contributed by atoms with Crippen LogP contribution in [0.1, 0.15) is 86.0 Å². The molecule has 0 heterocycles. The van der Waals surface area contributed by atoms with E-state index in [2.05, 4.69) is 0 Å². The number of carbonyl (C=O) groups excluding carboxylic acids is 1. The molecule has 0 spiro atoms. The molecule has 10 atom stereocenters. The van der Waals surface area contributed by atoms with Crippen molar-refractivity contribution in [2.75, 3.05) is 0 Å². The largest absolute Gasteiger partial charge is 0.469 e. The number of hydrogen-bond donors (Lipinski definition) is 7. The molecule has 4 aliphatic carbocycles. The van der Waals surface area contributed by atoms with Gasteiger partial charge in [-0.2, -0.15) is 0 Å². The molecule has 0 aromatic carbocycles. The highest BCUT2D eigenvalue weighted by Crippen LogP contribution is 2.69. The molecule has 0 aliphatic heterocycles. The molecule has 0 radical (unpaired) electrons. The number of phosphoric acid groups is 1. The van der Waals surface area contributed by atoms with Crippen LogP contribution in [0.3, 0.4) is 0 Å². The Morgan fingerprint density at radius 2 is 1.71 bits per heavy atom. The Bertz CT molecular complexity index is 1030. The van der Waals surface area contributed by atoms with Crippen LogP contribution in [0.4, 0.5) is 0 Å². The molecular formula is C27H45O10P. The van der Waals surface area contributed by atoms with Gasteiger partial charge in [0.1, 0.15) is 0 Å². The van der Waals surface area contributed by atoms with Crippen LogP contribution >= 0.6 is 7.82 Å². The topological polar surface area (TPSA) is 185 Å². The summed E-state index contributed by atoms with van der Waals surface area (Å²) in [5, 5.41) is 55.2. The first-order valence-corrected chi connectivity index (χ1v) is 15.2. The third kappa shape index (κ3) is 4.88. The van der Waals surface area contributed by atoms with Gasteiger partial charge in [0.05, 0.1) is 35.1 Å². The molecular weight excluding hydrogens is 515 g/mol. The number of aliphatic hydroxyl groups excluding tert-OH is 2. The summed E-state index contributed by atoms with van der Waals surface area (Å²) < 4.78 is 17.0. The molecule has 4 rings (SSSR count). The third-order valence-corrected chi connectivity index (χ3v) is 11.3. The Hall–Kier alpha value is -0.680. The van der Waals surface area contributed by atoms with Gasteiger partial charge in [-0.15, -0.1) is 0 Å². The van der Waals surface area contributed by atoms with Gasteiger partial charge in [-0.3, -0.25) is 9.32 Å². The fraction of sp³-hybridized carbons (Fsp3) is 0.889. The number of phosphoric ester groups is 1. The lowest BCUT2D eigenvalue weighted by Gasteiger charge is -2.60. The van der Waals surface area contributed by atoms with E-state index in [1.807, 2.05) is 13.8 Å². The Morgan fingerprint density at radius 3 is 2.29 bits per heavy atom. The molecule has 38 heavy (non-hydrogen) atoms. The molecule has 0 aromatic heterocycles. The molecule has 4 aliphatic rings. The highest BCUT2D eigenvalue weighted by Gasteiger charge is 2.69. The van der Waals surface area contributed by atoms with Crippen LogP contribution in [0.5, 0.6) is 0 Å². The lowest BCUT2D eigenvalue weighted by molar-refractivity contribution is -0.175. The van der Waals surface area contributed by atoms with E-state index in [1.165, 1.54) is 13.0 Å². The van der Waals surface area contributed by atoms with Gasteiger partial charge in [0.25, 0.3) is 0 Å². The minimum Gasteiger partial charge on any atom is -0.390 e. The zero-order chi connectivity index (χ0) is 28.7. The van der Waals surface area contributed by atoms with Crippen LogP contribution in [0.2, 0.25) is 0 Å². The second-order valence-electron chi connectivity index (χ2n) is 13.8. The standard InChI is InChI=1S/C27H45O10P/c1-23(2,31)9-8-22(37-38(34,35)36)26(5,32)21-7-11-27(33)16-12-18(28)17-13-19(29)20(30)14-24(17,3)15(16)6-10-25(21,27)4/h12,15,17,19-22,29-33H,6-11,13-14H2,1-5H3,(H2,34,35,36)/t15?,17-,19+,20-,21?,22+,24+,25+,26+,27+/m0/s1. The third-order valence-electron chi connectivity index (χ3n) is 10.8. The van der Waals surface area contributed by atoms with Crippen molar-refractivity contribution in [1.82, 2.24) is 0 Å². The van der Waals surface area contributed by atoms with Crippen molar-refractivity contribution in [3.05, 3.63) is 11.6 Å². The summed E-state index contributed by atoms with van der Waals surface area (Å²) in [6.07, 6.45) is 0.473. The van der Waals surface area contributed by atoms with Gasteiger partial charge in [0.2, 0.25) is 0 Å². The number of aliphatic hydroxyl groups is 5. The monoisotopic (exact) mass is 560 g/mol. The van der Waals surface area contributed by atoms with E-state index < -0.39 is 65.6 Å². The van der Waals surface area contributed by atoms with E-state index in [1.54, 1.807) is 13.8 Å². The van der Waals surface area contributed by atoms with Crippen LogP contribution in [0.25, 0.3) is 0 Å². The Labute approximate surface area is 224 Å². The predicted octanol–water partition coefficient (Wildman–Crippen LogP) is 1.97. The van der Waals surface area contributed by atoms with Gasteiger partial charge < -0.3 is 35.3 Å². The van der Waals surface area contributed by atoms with Crippen molar-refractivity contribution in [2.24, 2.45) is 28.6 Å². The molecule has 0 saturated heterocycles. The quantitative estimate of drug-likeness (QED) is 0.227. The molecule has 7 N–H and O–H groups in total. The fourth-order valence-corrected chi connectivity index (χ4v) is 9.28. The average Bonchev–Trinajstić information content (AvgIpc) is 3.04. The molecule has 3 fully saturated rings. The number of allylic oxidation sites excluding steroid dienone is 1. The summed E-state index contributed by atoms with van der Waals surface area (Å²) >= 11 is 0. The Morgan fingerprint density at radius 1 is 1.08 bits per heavy atom. The van der Waals surface area contributed by atoms with E-state index in [4.69, 9.17) is 4.52 Å². The normalized spacial score (nSPS) is 43.9. The van der Waals surface area contributed by atoms with E-state index in [9.17, 15) is 44.7 Å². The lowest BCUT2D eigenvalue weighted by atomic mass is 9.45. The smallest absolute Gasteiger partial charge is 0.390 e. The van der Waals surface area contributed by atoms with Crippen molar-refractivity contribution in [2.45, 2.75) is 121 Å². The van der Waals surface area contributed by atoms with Gasteiger partial charge >= 0.3 is 7.82 Å². The van der Waals surface area contributed by atoms with Gasteiger partial charge in [-0.1, -0.05) is 13.8 Å². The number of hydrogen-bond acceptors (Lipinski definition) is 8. The molecule has 3 saturated carbocycles. The van der Waals surface area contributed by atoms with Crippen LogP contribution in [0, 0.1) is 28.6 Å². The summed E-state index contributed by atoms with van der Waals surface area (Å²) in [5.74, 6) is -1.44. The van der Waals surface area contributed by atoms with E-state index in [0.29, 0.717) is 24.8 Å². The zero-order valence-electron chi connectivity index (χ0n) is 23.0. The molecule has 11 heteroatoms. The SMILES string of the molecule is CC(C)(O)CC[C@@H](OP(=O)(O)O)[C@](C)(O)C1CC[C@@]2(O)C3=CC(=O)[C@@H]4C[C@@H](O)[C@@H](O)C[C@]4(C)C3CC[C@]12C. The molecule has 0 bridgehead atoms. The van der Waals surface area contributed by atoms with Gasteiger partial charge in [0, 0.05) is 11.3 Å². The van der Waals surface area contributed by atoms with Crippen molar-refractivity contribution in [3.63, 3.8) is 0 Å². The highest BCUT2D eigenvalue weighted by atomic mass is 31.2. The Kier molecular flexibility index (Phi) is 7.51. The first kappa shape index (κ1) is 30.3. The predicted molar refractivity (Wildman–Crippen MR) is 138 cm³/mol. The van der Waals surface area contributed by atoms with Crippen molar-refractivity contribution >= 4 is 13.6 Å². The maximum atomic E-state index is 13.3. The average molecular weight is 561 g/mol. The summed E-state index contributed by atoms with van der Waals surface area (Å²) in [6.45, 7) is 8.42. The fourth-order valence-electron chi connectivity index (χ4n) is 8.63. The second kappa shape index (κ2) is 9.43. The van der Waals surface area contributed by atoms with Gasteiger partial charge in [0.15, 0.2) is 5.78 Å². The first-order valence-electron chi connectivity index (χ1n) is 13.7. The van der Waals surface area contributed by atoms with Crippen molar-refractivity contribution in [1.29, 1.82) is 0 Å². The molecule has 218 valence electrons. The van der Waals surface area contributed by atoms with Gasteiger partial charge in [-0.25, -0.2) is 4.57 Å². The summed E-state index contributed by atoms with van der Waals surface area (Å²) in [7, 11) is -4.99. The van der Waals surface area contributed by atoms with Gasteiger partial charge in [-0.05, 0) is 101 Å². The van der Waals surface area contributed by atoms with Crippen LogP contribution in [-0.4, -0.2) is 76.2 Å². The number of carbonyl (C=O) groups is 1. The molecule has 0 amide bonds. The molecule has 0 aromatic rings. The first-order chi connectivity index (χ1) is 17.2. The van der Waals surface area contributed by atoms with Crippen LogP contribution in [-0.2, 0) is 13.9 Å². The molecule has 10 nitrogen and oxygen atoms in total. The van der Waals surface area contributed by atoms with E-state index >= 15 is 0 Å². The number of fused-ring (bicyclic) bond motifs is 5. The minimum atomic E-state index is -4.99. The number of ketones is 1. The lowest BCUT2D eigenvalue weighted by Crippen LogP contribution is -2.63. The van der Waals surface area contributed by atoms with Crippen LogP contribution < -0.4 is 0 Å². The minimum absolute atomic E-state index is 0.0175. The van der Waals surface area contributed by atoms with Crippen molar-refractivity contribution < 1.29 is 49.2 Å². The van der Waals surface area contributed by atoms with Crippen LogP contribution in [0.15, 0.2) is 11.6 Å². The van der Waals surface area contributed by atoms with E-state index in [-0.39, 0.29) is 43.8 Å². The van der Waals surface area contributed by atoms with Crippen molar-refractivity contribution in [3.8, 4) is 0 Å². The Balaban J connectivity index is 1.70. The van der Waals surface area contributed by atoms with E-state index in [0.717, 1.165) is 0 Å². The summed E-state index contributed by atoms with van der Waals surface area (Å²) in [6, 6.07) is 0. The number of rotatable bonds is 7. The summed E-state index contributed by atoms with van der Waals surface area (Å²) in [5.41, 5.74) is -5.33. The maximum absolute atomic E-state index is 13.3. The zero-order valence-corrected chi connectivity index (χ0v) is 23.9.